The van der Waals surface area contributed by atoms with Crippen molar-refractivity contribution in [2.45, 2.75) is 42.8 Å². The second kappa shape index (κ2) is 7.76. The molecule has 1 N–H and O–H groups in total. The molecule has 2 heterocycles. The van der Waals surface area contributed by atoms with E-state index in [1.807, 2.05) is 23.6 Å². The zero-order valence-corrected chi connectivity index (χ0v) is 14.6. The number of nitrogens with zero attached hydrogens (tertiary/aromatic N) is 4. The van der Waals surface area contributed by atoms with Gasteiger partial charge in [-0.3, -0.25) is 14.3 Å². The van der Waals surface area contributed by atoms with Crippen LogP contribution in [0.2, 0.25) is 0 Å². The summed E-state index contributed by atoms with van der Waals surface area (Å²) in [5.41, 5.74) is 0.940. The fraction of sp³-hybridized carbons (Fsp3) is 0.500. The van der Waals surface area contributed by atoms with Crippen molar-refractivity contribution in [3.8, 4) is 11.4 Å². The standard InChI is InChI=1S/C16H21N5O2S/c1-11(15(22)18-13-3-4-13)24-16-20-19-14(21(16)9-10-23-2)12-5-7-17-8-6-12/h5-8,11,13H,3-4,9-10H2,1-2H3,(H,18,22)/t11-/m1/s1. The van der Waals surface area contributed by atoms with Gasteiger partial charge in [0.1, 0.15) is 0 Å². The van der Waals surface area contributed by atoms with E-state index in [4.69, 9.17) is 4.74 Å². The molecule has 0 bridgehead atoms. The van der Waals surface area contributed by atoms with Gasteiger partial charge in [0.25, 0.3) is 0 Å². The van der Waals surface area contributed by atoms with Crippen molar-refractivity contribution in [2.24, 2.45) is 0 Å². The number of amides is 1. The van der Waals surface area contributed by atoms with Gasteiger partial charge >= 0.3 is 0 Å². The minimum absolute atomic E-state index is 0.0502. The number of rotatable bonds is 8. The van der Waals surface area contributed by atoms with Crippen LogP contribution in [0.5, 0.6) is 0 Å². The molecule has 1 saturated carbocycles. The van der Waals surface area contributed by atoms with Gasteiger partial charge in [0, 0.05) is 31.1 Å². The Morgan fingerprint density at radius 2 is 2.17 bits per heavy atom. The summed E-state index contributed by atoms with van der Waals surface area (Å²) in [7, 11) is 1.66. The molecule has 1 aliphatic rings. The number of pyridine rings is 1. The molecule has 0 aromatic carbocycles. The lowest BCUT2D eigenvalue weighted by Gasteiger charge is -2.13. The van der Waals surface area contributed by atoms with E-state index < -0.39 is 0 Å². The van der Waals surface area contributed by atoms with Crippen LogP contribution in [0, 0.1) is 0 Å². The molecule has 1 atom stereocenters. The summed E-state index contributed by atoms with van der Waals surface area (Å²) in [5.74, 6) is 0.806. The Hall–Kier alpha value is -1.93. The van der Waals surface area contributed by atoms with E-state index >= 15 is 0 Å². The Bertz CT molecular complexity index is 687. The molecule has 0 radical (unpaired) electrons. The molecule has 1 amide bonds. The normalized spacial score (nSPS) is 15.2. The van der Waals surface area contributed by atoms with Gasteiger partial charge in [-0.25, -0.2) is 0 Å². The van der Waals surface area contributed by atoms with Crippen LogP contribution in [0.3, 0.4) is 0 Å². The van der Waals surface area contributed by atoms with E-state index in [2.05, 4.69) is 20.5 Å². The molecule has 128 valence electrons. The second-order valence-corrected chi connectivity index (χ2v) is 7.04. The highest BCUT2D eigenvalue weighted by Gasteiger charge is 2.27. The van der Waals surface area contributed by atoms with Crippen molar-refractivity contribution in [3.63, 3.8) is 0 Å². The summed E-state index contributed by atoms with van der Waals surface area (Å²) < 4.78 is 7.19. The van der Waals surface area contributed by atoms with Crippen molar-refractivity contribution < 1.29 is 9.53 Å². The maximum Gasteiger partial charge on any atom is 0.233 e. The van der Waals surface area contributed by atoms with Crippen LogP contribution in [0.25, 0.3) is 11.4 Å². The largest absolute Gasteiger partial charge is 0.383 e. The predicted octanol–water partition coefficient (Wildman–Crippen LogP) is 1.75. The Kier molecular flexibility index (Phi) is 5.47. The smallest absolute Gasteiger partial charge is 0.233 e. The third-order valence-electron chi connectivity index (χ3n) is 3.75. The number of thioether (sulfide) groups is 1. The Labute approximate surface area is 145 Å². The molecule has 2 aromatic rings. The maximum absolute atomic E-state index is 12.2. The van der Waals surface area contributed by atoms with Gasteiger partial charge in [-0.05, 0) is 31.9 Å². The number of carbonyl (C=O) groups excluding carboxylic acids is 1. The first-order valence-corrected chi connectivity index (χ1v) is 8.86. The summed E-state index contributed by atoms with van der Waals surface area (Å²) in [6.45, 7) is 3.07. The first-order valence-electron chi connectivity index (χ1n) is 7.98. The summed E-state index contributed by atoms with van der Waals surface area (Å²) in [6, 6.07) is 4.15. The van der Waals surface area contributed by atoms with Crippen LogP contribution < -0.4 is 5.32 Å². The van der Waals surface area contributed by atoms with Gasteiger partial charge in [-0.2, -0.15) is 0 Å². The monoisotopic (exact) mass is 347 g/mol. The predicted molar refractivity (Wildman–Crippen MR) is 91.6 cm³/mol. The minimum atomic E-state index is -0.221. The molecule has 8 heteroatoms. The number of carbonyl (C=O) groups is 1. The van der Waals surface area contributed by atoms with Crippen molar-refractivity contribution in [3.05, 3.63) is 24.5 Å². The van der Waals surface area contributed by atoms with E-state index in [9.17, 15) is 4.79 Å². The first-order chi connectivity index (χ1) is 11.7. The number of hydrogen-bond acceptors (Lipinski definition) is 6. The van der Waals surface area contributed by atoms with Crippen LogP contribution in [0.1, 0.15) is 19.8 Å². The van der Waals surface area contributed by atoms with Gasteiger partial charge in [0.05, 0.1) is 18.4 Å². The van der Waals surface area contributed by atoms with Gasteiger partial charge < -0.3 is 10.1 Å². The topological polar surface area (TPSA) is 81.9 Å². The number of aromatic nitrogens is 4. The zero-order valence-electron chi connectivity index (χ0n) is 13.8. The molecule has 7 nitrogen and oxygen atoms in total. The van der Waals surface area contributed by atoms with Crippen molar-refractivity contribution in [2.75, 3.05) is 13.7 Å². The summed E-state index contributed by atoms with van der Waals surface area (Å²) in [5, 5.41) is 12.1. The Morgan fingerprint density at radius 3 is 2.83 bits per heavy atom. The number of hydrogen-bond donors (Lipinski definition) is 1. The quantitative estimate of drug-likeness (QED) is 0.733. The molecule has 1 fully saturated rings. The average Bonchev–Trinajstić information content (AvgIpc) is 3.33. The maximum atomic E-state index is 12.2. The van der Waals surface area contributed by atoms with Crippen LogP contribution in [-0.2, 0) is 16.1 Å². The van der Waals surface area contributed by atoms with Crippen molar-refractivity contribution in [1.29, 1.82) is 0 Å². The fourth-order valence-electron chi connectivity index (χ4n) is 2.23. The van der Waals surface area contributed by atoms with Crippen molar-refractivity contribution in [1.82, 2.24) is 25.1 Å². The lowest BCUT2D eigenvalue weighted by molar-refractivity contribution is -0.120. The average molecular weight is 347 g/mol. The summed E-state index contributed by atoms with van der Waals surface area (Å²) >= 11 is 1.42. The van der Waals surface area contributed by atoms with E-state index in [1.54, 1.807) is 19.5 Å². The highest BCUT2D eigenvalue weighted by Crippen LogP contribution is 2.27. The molecule has 0 aliphatic heterocycles. The second-order valence-electron chi connectivity index (χ2n) is 5.73. The van der Waals surface area contributed by atoms with Crippen LogP contribution in [0.15, 0.2) is 29.7 Å². The zero-order chi connectivity index (χ0) is 16.9. The molecule has 0 unspecified atom stereocenters. The minimum Gasteiger partial charge on any atom is -0.383 e. The highest BCUT2D eigenvalue weighted by molar-refractivity contribution is 8.00. The third-order valence-corrected chi connectivity index (χ3v) is 4.83. The van der Waals surface area contributed by atoms with Crippen LogP contribution in [-0.4, -0.2) is 50.7 Å². The molecule has 2 aromatic heterocycles. The summed E-state index contributed by atoms with van der Waals surface area (Å²) in [6.07, 6.45) is 5.62. The van der Waals surface area contributed by atoms with E-state index in [0.29, 0.717) is 19.2 Å². The molecular formula is C16H21N5O2S. The number of ether oxygens (including phenoxy) is 1. The van der Waals surface area contributed by atoms with E-state index in [1.165, 1.54) is 11.8 Å². The molecule has 0 spiro atoms. The van der Waals surface area contributed by atoms with Gasteiger partial charge in [-0.15, -0.1) is 10.2 Å². The van der Waals surface area contributed by atoms with Crippen molar-refractivity contribution >= 4 is 17.7 Å². The highest BCUT2D eigenvalue weighted by atomic mass is 32.2. The molecular weight excluding hydrogens is 326 g/mol. The first kappa shape index (κ1) is 16.9. The molecule has 0 saturated heterocycles. The molecule has 3 rings (SSSR count). The number of methoxy groups -OCH3 is 1. The third kappa shape index (κ3) is 4.12. The van der Waals surface area contributed by atoms with E-state index in [0.717, 1.165) is 29.4 Å². The van der Waals surface area contributed by atoms with Gasteiger partial charge in [0.15, 0.2) is 11.0 Å². The van der Waals surface area contributed by atoms with Crippen LogP contribution >= 0.6 is 11.8 Å². The van der Waals surface area contributed by atoms with Gasteiger partial charge in [-0.1, -0.05) is 11.8 Å². The van der Waals surface area contributed by atoms with Crippen LogP contribution in [0.4, 0.5) is 0 Å². The SMILES string of the molecule is COCCn1c(S[C@H](C)C(=O)NC2CC2)nnc1-c1ccncc1. The molecule has 24 heavy (non-hydrogen) atoms. The Morgan fingerprint density at radius 1 is 1.42 bits per heavy atom. The van der Waals surface area contributed by atoms with Gasteiger partial charge in [0.2, 0.25) is 5.91 Å². The fourth-order valence-corrected chi connectivity index (χ4v) is 3.12. The molecule has 1 aliphatic carbocycles. The van der Waals surface area contributed by atoms with E-state index in [-0.39, 0.29) is 11.2 Å². The summed E-state index contributed by atoms with van der Waals surface area (Å²) in [4.78, 5) is 16.2. The number of nitrogens with one attached hydrogen (secondary N) is 1. The lowest BCUT2D eigenvalue weighted by Crippen LogP contribution is -2.32. The Balaban J connectivity index is 1.78. The lowest BCUT2D eigenvalue weighted by atomic mass is 10.2.